The van der Waals surface area contributed by atoms with Crippen LogP contribution in [-0.4, -0.2) is 18.3 Å². The van der Waals surface area contributed by atoms with Crippen LogP contribution in [0.3, 0.4) is 0 Å². The molecule has 1 aliphatic rings. The quantitative estimate of drug-likeness (QED) is 0.803. The molecule has 0 spiro atoms. The SMILES string of the molecule is O=C(CCS)NCc1ccc2c(c1)CCCO2. The van der Waals surface area contributed by atoms with E-state index < -0.39 is 0 Å². The third-order valence-corrected chi connectivity index (χ3v) is 3.03. The van der Waals surface area contributed by atoms with Gasteiger partial charge in [-0.1, -0.05) is 12.1 Å². The lowest BCUT2D eigenvalue weighted by atomic mass is 10.0. The van der Waals surface area contributed by atoms with Crippen molar-refractivity contribution in [2.75, 3.05) is 12.4 Å². The lowest BCUT2D eigenvalue weighted by molar-refractivity contribution is -0.120. The summed E-state index contributed by atoms with van der Waals surface area (Å²) in [5.41, 5.74) is 2.37. The van der Waals surface area contributed by atoms with Gasteiger partial charge < -0.3 is 10.1 Å². The summed E-state index contributed by atoms with van der Waals surface area (Å²) in [5, 5.41) is 2.88. The Morgan fingerprint density at radius 2 is 2.35 bits per heavy atom. The van der Waals surface area contributed by atoms with Crippen LogP contribution in [0.15, 0.2) is 18.2 Å². The second-order valence-corrected chi connectivity index (χ2v) is 4.59. The van der Waals surface area contributed by atoms with Gasteiger partial charge in [0.1, 0.15) is 5.75 Å². The highest BCUT2D eigenvalue weighted by Gasteiger charge is 2.10. The molecule has 4 heteroatoms. The number of rotatable bonds is 4. The molecule has 0 unspecified atom stereocenters. The molecule has 0 atom stereocenters. The molecule has 1 aliphatic heterocycles. The monoisotopic (exact) mass is 251 g/mol. The summed E-state index contributed by atoms with van der Waals surface area (Å²) >= 11 is 4.03. The van der Waals surface area contributed by atoms with Gasteiger partial charge in [0.15, 0.2) is 0 Å². The van der Waals surface area contributed by atoms with Gasteiger partial charge in [0.25, 0.3) is 0 Å². The molecule has 0 bridgehead atoms. The zero-order valence-corrected chi connectivity index (χ0v) is 10.6. The van der Waals surface area contributed by atoms with Crippen LogP contribution < -0.4 is 10.1 Å². The Morgan fingerprint density at radius 1 is 1.47 bits per heavy atom. The Bertz CT molecular complexity index is 406. The van der Waals surface area contributed by atoms with Gasteiger partial charge in [0.05, 0.1) is 6.61 Å². The van der Waals surface area contributed by atoms with Crippen LogP contribution in [0.1, 0.15) is 24.0 Å². The van der Waals surface area contributed by atoms with E-state index in [1.165, 1.54) is 5.56 Å². The summed E-state index contributed by atoms with van der Waals surface area (Å²) in [4.78, 5) is 11.3. The highest BCUT2D eigenvalue weighted by molar-refractivity contribution is 7.80. The molecule has 2 rings (SSSR count). The molecule has 1 N–H and O–H groups in total. The molecule has 1 aromatic rings. The average Bonchev–Trinajstić information content (AvgIpc) is 2.36. The van der Waals surface area contributed by atoms with Crippen molar-refractivity contribution in [1.82, 2.24) is 5.32 Å². The number of aryl methyl sites for hydroxylation is 1. The number of thiol groups is 1. The van der Waals surface area contributed by atoms with Crippen LogP contribution in [0.25, 0.3) is 0 Å². The van der Waals surface area contributed by atoms with Crippen molar-refractivity contribution in [3.8, 4) is 5.75 Å². The van der Waals surface area contributed by atoms with E-state index in [4.69, 9.17) is 4.74 Å². The van der Waals surface area contributed by atoms with E-state index in [9.17, 15) is 4.79 Å². The number of carbonyl (C=O) groups is 1. The molecule has 0 aliphatic carbocycles. The molecule has 1 amide bonds. The fourth-order valence-corrected chi connectivity index (χ4v) is 2.12. The van der Waals surface area contributed by atoms with Crippen molar-refractivity contribution < 1.29 is 9.53 Å². The number of fused-ring (bicyclic) bond motifs is 1. The summed E-state index contributed by atoms with van der Waals surface area (Å²) in [6.45, 7) is 1.39. The Labute approximate surface area is 107 Å². The highest BCUT2D eigenvalue weighted by atomic mass is 32.1. The largest absolute Gasteiger partial charge is 0.493 e. The third kappa shape index (κ3) is 3.40. The zero-order chi connectivity index (χ0) is 12.1. The maximum Gasteiger partial charge on any atom is 0.221 e. The number of amides is 1. The first-order chi connectivity index (χ1) is 8.29. The fourth-order valence-electron chi connectivity index (χ4n) is 1.91. The molecule has 0 saturated heterocycles. The van der Waals surface area contributed by atoms with Crippen molar-refractivity contribution in [2.24, 2.45) is 0 Å². The van der Waals surface area contributed by atoms with Gasteiger partial charge in [-0.15, -0.1) is 0 Å². The van der Waals surface area contributed by atoms with E-state index in [1.54, 1.807) is 0 Å². The summed E-state index contributed by atoms with van der Waals surface area (Å²) in [5.74, 6) is 1.62. The first kappa shape index (κ1) is 12.3. The minimum Gasteiger partial charge on any atom is -0.493 e. The highest BCUT2D eigenvalue weighted by Crippen LogP contribution is 2.25. The molecule has 0 radical (unpaired) electrons. The third-order valence-electron chi connectivity index (χ3n) is 2.80. The van der Waals surface area contributed by atoms with Crippen LogP contribution in [0, 0.1) is 0 Å². The molecule has 3 nitrogen and oxygen atoms in total. The minimum absolute atomic E-state index is 0.0500. The van der Waals surface area contributed by atoms with Gasteiger partial charge in [-0.05, 0) is 35.8 Å². The van der Waals surface area contributed by atoms with Crippen LogP contribution in [0.5, 0.6) is 5.75 Å². The Kier molecular flexibility index (Phi) is 4.31. The number of nitrogens with one attached hydrogen (secondary N) is 1. The van der Waals surface area contributed by atoms with Gasteiger partial charge in [0.2, 0.25) is 5.91 Å². The topological polar surface area (TPSA) is 38.3 Å². The molecular weight excluding hydrogens is 234 g/mol. The van der Waals surface area contributed by atoms with Crippen molar-refractivity contribution in [2.45, 2.75) is 25.8 Å². The number of ether oxygens (including phenoxy) is 1. The van der Waals surface area contributed by atoms with Crippen LogP contribution >= 0.6 is 12.6 Å². The van der Waals surface area contributed by atoms with Gasteiger partial charge >= 0.3 is 0 Å². The van der Waals surface area contributed by atoms with Crippen LogP contribution in [0.4, 0.5) is 0 Å². The standard InChI is InChI=1S/C13H17NO2S/c15-13(5-7-17)14-9-10-3-4-12-11(8-10)2-1-6-16-12/h3-4,8,17H,1-2,5-7,9H2,(H,14,15). The van der Waals surface area contributed by atoms with E-state index in [2.05, 4.69) is 24.0 Å². The van der Waals surface area contributed by atoms with Crippen molar-refractivity contribution in [3.05, 3.63) is 29.3 Å². The first-order valence-electron chi connectivity index (χ1n) is 5.92. The maximum absolute atomic E-state index is 11.3. The Morgan fingerprint density at radius 3 is 3.18 bits per heavy atom. The van der Waals surface area contributed by atoms with Crippen LogP contribution in [0.2, 0.25) is 0 Å². The van der Waals surface area contributed by atoms with Crippen molar-refractivity contribution in [1.29, 1.82) is 0 Å². The maximum atomic E-state index is 11.3. The molecule has 0 fully saturated rings. The summed E-state index contributed by atoms with van der Waals surface area (Å²) in [6.07, 6.45) is 2.60. The molecule has 92 valence electrons. The molecule has 1 heterocycles. The molecule has 0 aromatic heterocycles. The fraction of sp³-hybridized carbons (Fsp3) is 0.462. The second kappa shape index (κ2) is 5.96. The average molecular weight is 251 g/mol. The van der Waals surface area contributed by atoms with E-state index in [1.807, 2.05) is 12.1 Å². The summed E-state index contributed by atoms with van der Waals surface area (Å²) in [6, 6.07) is 6.12. The normalized spacial score (nSPS) is 13.7. The van der Waals surface area contributed by atoms with Gasteiger partial charge in [-0.2, -0.15) is 12.6 Å². The lowest BCUT2D eigenvalue weighted by Crippen LogP contribution is -2.23. The van der Waals surface area contributed by atoms with Crippen LogP contribution in [-0.2, 0) is 17.8 Å². The molecule has 17 heavy (non-hydrogen) atoms. The number of hydrogen-bond acceptors (Lipinski definition) is 3. The Balaban J connectivity index is 1.95. The molecule has 0 saturated carbocycles. The van der Waals surface area contributed by atoms with Gasteiger partial charge in [0, 0.05) is 13.0 Å². The first-order valence-corrected chi connectivity index (χ1v) is 6.55. The van der Waals surface area contributed by atoms with Crippen molar-refractivity contribution in [3.63, 3.8) is 0 Å². The number of benzene rings is 1. The predicted octanol–water partition coefficient (Wildman–Crippen LogP) is 1.95. The number of carbonyl (C=O) groups excluding carboxylic acids is 1. The van der Waals surface area contributed by atoms with Crippen molar-refractivity contribution >= 4 is 18.5 Å². The second-order valence-electron chi connectivity index (χ2n) is 4.14. The Hall–Kier alpha value is -1.16. The number of hydrogen-bond donors (Lipinski definition) is 2. The summed E-state index contributed by atoms with van der Waals surface area (Å²) < 4.78 is 5.55. The van der Waals surface area contributed by atoms with E-state index in [-0.39, 0.29) is 5.91 Å². The minimum atomic E-state index is 0.0500. The smallest absolute Gasteiger partial charge is 0.221 e. The van der Waals surface area contributed by atoms with E-state index >= 15 is 0 Å². The van der Waals surface area contributed by atoms with E-state index in [0.29, 0.717) is 18.7 Å². The lowest BCUT2D eigenvalue weighted by Gasteiger charge is -2.18. The van der Waals surface area contributed by atoms with E-state index in [0.717, 1.165) is 30.8 Å². The van der Waals surface area contributed by atoms with Gasteiger partial charge in [-0.3, -0.25) is 4.79 Å². The molecule has 1 aromatic carbocycles. The summed E-state index contributed by atoms with van der Waals surface area (Å²) in [7, 11) is 0. The zero-order valence-electron chi connectivity index (χ0n) is 9.74. The molecular formula is C13H17NO2S. The van der Waals surface area contributed by atoms with Gasteiger partial charge in [-0.25, -0.2) is 0 Å². The predicted molar refractivity (Wildman–Crippen MR) is 70.6 cm³/mol.